The highest BCUT2D eigenvalue weighted by molar-refractivity contribution is 5.84. The third-order valence-corrected chi connectivity index (χ3v) is 4.56. The Morgan fingerprint density at radius 3 is 2.74 bits per heavy atom. The molecule has 1 aliphatic heterocycles. The van der Waals surface area contributed by atoms with Crippen molar-refractivity contribution in [2.24, 2.45) is 5.16 Å². The molecule has 1 saturated heterocycles. The molecule has 2 aromatic carbocycles. The van der Waals surface area contributed by atoms with Gasteiger partial charge < -0.3 is 14.5 Å². The summed E-state index contributed by atoms with van der Waals surface area (Å²) in [5, 5.41) is 14.8. The van der Waals surface area contributed by atoms with Crippen molar-refractivity contribution in [2.45, 2.75) is 25.9 Å². The van der Waals surface area contributed by atoms with Crippen LogP contribution in [0.4, 0.5) is 11.4 Å². The molecule has 0 amide bonds. The van der Waals surface area contributed by atoms with Gasteiger partial charge in [-0.05, 0) is 37.0 Å². The predicted octanol–water partition coefficient (Wildman–Crippen LogP) is 4.14. The zero-order chi connectivity index (χ0) is 19.1. The van der Waals surface area contributed by atoms with E-state index in [2.05, 4.69) is 16.1 Å². The lowest BCUT2D eigenvalue weighted by molar-refractivity contribution is -0.384. The van der Waals surface area contributed by atoms with Crippen LogP contribution in [0.15, 0.2) is 47.6 Å². The molecule has 27 heavy (non-hydrogen) atoms. The Morgan fingerprint density at radius 2 is 2.00 bits per heavy atom. The zero-order valence-electron chi connectivity index (χ0n) is 15.3. The molecule has 0 radical (unpaired) electrons. The minimum absolute atomic E-state index is 0.0371. The van der Waals surface area contributed by atoms with Gasteiger partial charge in [0.25, 0.3) is 5.69 Å². The summed E-state index contributed by atoms with van der Waals surface area (Å²) in [6.07, 6.45) is 5.32. The third-order valence-electron chi connectivity index (χ3n) is 4.56. The molecule has 7 heteroatoms. The highest BCUT2D eigenvalue weighted by atomic mass is 16.6. The highest BCUT2D eigenvalue weighted by Crippen LogP contribution is 2.27. The fourth-order valence-electron chi connectivity index (χ4n) is 3.12. The standard InChI is InChI=1S/C20H23N3O4/c1-26-20-13-18(22-10-3-2-4-11-22)9-8-17(20)14-21-27-15-16-6-5-7-19(12-16)23(24)25/h5-9,12-14H,2-4,10-11,15H2,1H3/b21-14-. The van der Waals surface area contributed by atoms with Crippen LogP contribution in [-0.4, -0.2) is 31.3 Å². The molecule has 7 nitrogen and oxygen atoms in total. The minimum Gasteiger partial charge on any atom is -0.496 e. The SMILES string of the molecule is COc1cc(N2CCCCC2)ccc1/C=N\OCc1cccc([N+](=O)[O-])c1. The van der Waals surface area contributed by atoms with Crippen LogP contribution < -0.4 is 9.64 Å². The first-order chi connectivity index (χ1) is 13.2. The van der Waals surface area contributed by atoms with Gasteiger partial charge in [-0.3, -0.25) is 10.1 Å². The topological polar surface area (TPSA) is 77.2 Å². The molecule has 2 aromatic rings. The lowest BCUT2D eigenvalue weighted by atomic mass is 10.1. The first kappa shape index (κ1) is 18.7. The van der Waals surface area contributed by atoms with Crippen molar-refractivity contribution in [1.82, 2.24) is 0 Å². The Labute approximate surface area is 158 Å². The Hall–Kier alpha value is -3.09. The maximum absolute atomic E-state index is 10.8. The smallest absolute Gasteiger partial charge is 0.269 e. The molecule has 0 N–H and O–H groups in total. The van der Waals surface area contributed by atoms with Crippen LogP contribution in [0.5, 0.6) is 5.75 Å². The molecule has 0 atom stereocenters. The van der Waals surface area contributed by atoms with Gasteiger partial charge >= 0.3 is 0 Å². The van der Waals surface area contributed by atoms with Gasteiger partial charge in [-0.25, -0.2) is 0 Å². The van der Waals surface area contributed by atoms with E-state index in [1.807, 2.05) is 12.1 Å². The van der Waals surface area contributed by atoms with Gasteiger partial charge in [0.1, 0.15) is 12.4 Å². The quantitative estimate of drug-likeness (QED) is 0.416. The summed E-state index contributed by atoms with van der Waals surface area (Å²) in [5.41, 5.74) is 2.70. The summed E-state index contributed by atoms with van der Waals surface area (Å²) in [5.74, 6) is 0.737. The number of piperidine rings is 1. The number of nitro benzene ring substituents is 1. The number of hydrogen-bond acceptors (Lipinski definition) is 6. The van der Waals surface area contributed by atoms with E-state index in [0.717, 1.165) is 30.1 Å². The van der Waals surface area contributed by atoms with Gasteiger partial charge in [-0.15, -0.1) is 0 Å². The number of non-ortho nitro benzene ring substituents is 1. The molecule has 142 valence electrons. The number of hydrogen-bond donors (Lipinski definition) is 0. The molecule has 1 heterocycles. The van der Waals surface area contributed by atoms with E-state index in [-0.39, 0.29) is 12.3 Å². The molecule has 0 bridgehead atoms. The molecule has 3 rings (SSSR count). The van der Waals surface area contributed by atoms with Crippen LogP contribution in [-0.2, 0) is 11.4 Å². The monoisotopic (exact) mass is 369 g/mol. The van der Waals surface area contributed by atoms with Crippen molar-refractivity contribution in [3.63, 3.8) is 0 Å². The average Bonchev–Trinajstić information content (AvgIpc) is 2.72. The third kappa shape index (κ3) is 4.97. The number of nitro groups is 1. The molecule has 1 aliphatic rings. The first-order valence-electron chi connectivity index (χ1n) is 8.99. The van der Waals surface area contributed by atoms with E-state index in [0.29, 0.717) is 5.56 Å². The maximum atomic E-state index is 10.8. The van der Waals surface area contributed by atoms with Crippen molar-refractivity contribution < 1.29 is 14.5 Å². The number of oxime groups is 1. The number of benzene rings is 2. The average molecular weight is 369 g/mol. The second-order valence-corrected chi connectivity index (χ2v) is 6.41. The summed E-state index contributed by atoms with van der Waals surface area (Å²) in [4.78, 5) is 18.0. The fraction of sp³-hybridized carbons (Fsp3) is 0.350. The lowest BCUT2D eigenvalue weighted by Crippen LogP contribution is -2.29. The van der Waals surface area contributed by atoms with Gasteiger partial charge in [0.05, 0.1) is 18.2 Å². The van der Waals surface area contributed by atoms with Crippen molar-refractivity contribution in [2.75, 3.05) is 25.1 Å². The van der Waals surface area contributed by atoms with Gasteiger partial charge in [0.15, 0.2) is 0 Å². The molecule has 1 fully saturated rings. The molecule has 0 aliphatic carbocycles. The van der Waals surface area contributed by atoms with E-state index in [1.54, 1.807) is 25.5 Å². The largest absolute Gasteiger partial charge is 0.496 e. The van der Waals surface area contributed by atoms with E-state index in [4.69, 9.17) is 9.57 Å². The number of methoxy groups -OCH3 is 1. The van der Waals surface area contributed by atoms with E-state index in [9.17, 15) is 10.1 Å². The first-order valence-corrected chi connectivity index (χ1v) is 8.99. The van der Waals surface area contributed by atoms with E-state index >= 15 is 0 Å². The highest BCUT2D eigenvalue weighted by Gasteiger charge is 2.13. The van der Waals surface area contributed by atoms with E-state index in [1.165, 1.54) is 31.4 Å². The van der Waals surface area contributed by atoms with Crippen molar-refractivity contribution in [3.05, 3.63) is 63.7 Å². The van der Waals surface area contributed by atoms with E-state index < -0.39 is 4.92 Å². The summed E-state index contributed by atoms with van der Waals surface area (Å²) >= 11 is 0. The number of anilines is 1. The van der Waals surface area contributed by atoms with Crippen LogP contribution >= 0.6 is 0 Å². The molecule has 0 saturated carbocycles. The fourth-order valence-corrected chi connectivity index (χ4v) is 3.12. The number of ether oxygens (including phenoxy) is 1. The van der Waals surface area contributed by atoms with Crippen molar-refractivity contribution in [1.29, 1.82) is 0 Å². The van der Waals surface area contributed by atoms with Crippen molar-refractivity contribution in [3.8, 4) is 5.75 Å². The summed E-state index contributed by atoms with van der Waals surface area (Å²) in [7, 11) is 1.64. The Bertz CT molecular complexity index is 817. The Kier molecular flexibility index (Phi) is 6.25. The van der Waals surface area contributed by atoms with Gasteiger partial charge in [-0.2, -0.15) is 0 Å². The number of nitrogens with zero attached hydrogens (tertiary/aromatic N) is 3. The van der Waals surface area contributed by atoms with Crippen LogP contribution in [0.25, 0.3) is 0 Å². The molecular weight excluding hydrogens is 346 g/mol. The second kappa shape index (κ2) is 9.02. The summed E-state index contributed by atoms with van der Waals surface area (Å²) < 4.78 is 5.49. The molecule has 0 spiro atoms. The van der Waals surface area contributed by atoms with Crippen molar-refractivity contribution >= 4 is 17.6 Å². The lowest BCUT2D eigenvalue weighted by Gasteiger charge is -2.29. The van der Waals surface area contributed by atoms with Crippen LogP contribution in [0.2, 0.25) is 0 Å². The Balaban J connectivity index is 1.62. The second-order valence-electron chi connectivity index (χ2n) is 6.41. The van der Waals surface area contributed by atoms with Gasteiger partial charge in [0, 0.05) is 42.5 Å². The summed E-state index contributed by atoms with van der Waals surface area (Å²) in [6.45, 7) is 2.30. The Morgan fingerprint density at radius 1 is 1.19 bits per heavy atom. The molecule has 0 aromatic heterocycles. The normalized spacial score (nSPS) is 14.3. The predicted molar refractivity (Wildman–Crippen MR) is 105 cm³/mol. The zero-order valence-corrected chi connectivity index (χ0v) is 15.3. The molecular formula is C20H23N3O4. The van der Waals surface area contributed by atoms with Crippen LogP contribution in [0, 0.1) is 10.1 Å². The van der Waals surface area contributed by atoms with Crippen LogP contribution in [0.3, 0.4) is 0 Å². The van der Waals surface area contributed by atoms with Gasteiger partial charge in [-0.1, -0.05) is 17.3 Å². The maximum Gasteiger partial charge on any atom is 0.269 e. The minimum atomic E-state index is -0.429. The van der Waals surface area contributed by atoms with Gasteiger partial charge in [0.2, 0.25) is 0 Å². The number of rotatable bonds is 7. The van der Waals surface area contributed by atoms with Crippen LogP contribution in [0.1, 0.15) is 30.4 Å². The molecule has 0 unspecified atom stereocenters. The summed E-state index contributed by atoms with van der Waals surface area (Å²) in [6, 6.07) is 12.4.